The topological polar surface area (TPSA) is 60.9 Å². The summed E-state index contributed by atoms with van der Waals surface area (Å²) >= 11 is 0. The molecule has 98 valence electrons. The van der Waals surface area contributed by atoms with Gasteiger partial charge in [-0.2, -0.15) is 0 Å². The molecule has 1 N–H and O–H groups in total. The summed E-state index contributed by atoms with van der Waals surface area (Å²) in [6.07, 6.45) is 2.15. The number of likely N-dealkylation sites (tertiary alicyclic amines) is 1. The first kappa shape index (κ1) is 13.8. The zero-order valence-electron chi connectivity index (χ0n) is 10.9. The molecule has 0 unspecified atom stereocenters. The van der Waals surface area contributed by atoms with E-state index in [-0.39, 0.29) is 24.4 Å². The molecule has 5 heteroatoms. The fraction of sp³-hybridized carbons (Fsp3) is 0.833. The molecule has 2 amide bonds. The number of hydrogen-bond acceptors (Lipinski definition) is 2. The van der Waals surface area contributed by atoms with Gasteiger partial charge in [-0.05, 0) is 18.3 Å². The molecule has 0 radical (unpaired) electrons. The molecule has 1 aliphatic heterocycles. The second-order valence-electron chi connectivity index (χ2n) is 5.54. The minimum absolute atomic E-state index is 0.000523. The van der Waals surface area contributed by atoms with Crippen LogP contribution in [-0.2, 0) is 4.79 Å². The average Bonchev–Trinajstić information content (AvgIpc) is 2.23. The summed E-state index contributed by atoms with van der Waals surface area (Å²) in [7, 11) is 1.66. The van der Waals surface area contributed by atoms with Gasteiger partial charge in [0.15, 0.2) is 0 Å². The molecule has 0 bridgehead atoms. The molecular formula is C12H22N2O3. The van der Waals surface area contributed by atoms with E-state index in [1.807, 2.05) is 4.90 Å². The van der Waals surface area contributed by atoms with Gasteiger partial charge in [0, 0.05) is 26.7 Å². The summed E-state index contributed by atoms with van der Waals surface area (Å²) in [5, 5.41) is 8.59. The molecule has 17 heavy (non-hydrogen) atoms. The number of carbonyl (C=O) groups is 2. The van der Waals surface area contributed by atoms with Gasteiger partial charge in [0.25, 0.3) is 0 Å². The molecule has 5 nitrogen and oxygen atoms in total. The molecule has 0 aromatic carbocycles. The number of aliphatic carboxylic acids is 1. The highest BCUT2D eigenvalue weighted by Crippen LogP contribution is 2.28. The molecule has 0 spiro atoms. The van der Waals surface area contributed by atoms with Crippen LogP contribution in [0.25, 0.3) is 0 Å². The van der Waals surface area contributed by atoms with Crippen LogP contribution >= 0.6 is 0 Å². The lowest BCUT2D eigenvalue weighted by atomic mass is 9.84. The number of carboxylic acids is 1. The summed E-state index contributed by atoms with van der Waals surface area (Å²) in [6, 6.07) is -0.0565. The van der Waals surface area contributed by atoms with Crippen molar-refractivity contribution in [3.8, 4) is 0 Å². The van der Waals surface area contributed by atoms with E-state index in [1.165, 1.54) is 4.90 Å². The fourth-order valence-corrected chi connectivity index (χ4v) is 2.19. The molecule has 0 aliphatic carbocycles. The number of urea groups is 1. The normalized spacial score (nSPS) is 18.9. The molecule has 0 saturated carbocycles. The van der Waals surface area contributed by atoms with Gasteiger partial charge >= 0.3 is 12.0 Å². The quantitative estimate of drug-likeness (QED) is 0.818. The van der Waals surface area contributed by atoms with Crippen LogP contribution in [0.15, 0.2) is 0 Å². The van der Waals surface area contributed by atoms with E-state index in [2.05, 4.69) is 13.8 Å². The lowest BCUT2D eigenvalue weighted by Gasteiger charge is -2.39. The third-order valence-electron chi connectivity index (χ3n) is 3.16. The van der Waals surface area contributed by atoms with E-state index in [9.17, 15) is 9.59 Å². The van der Waals surface area contributed by atoms with E-state index >= 15 is 0 Å². The van der Waals surface area contributed by atoms with Crippen molar-refractivity contribution in [2.45, 2.75) is 33.1 Å². The Bertz CT molecular complexity index is 302. The highest BCUT2D eigenvalue weighted by atomic mass is 16.4. The summed E-state index contributed by atoms with van der Waals surface area (Å²) < 4.78 is 0. The van der Waals surface area contributed by atoms with Crippen LogP contribution in [0.4, 0.5) is 4.79 Å². The first-order chi connectivity index (χ1) is 7.82. The van der Waals surface area contributed by atoms with Crippen molar-refractivity contribution in [2.75, 3.05) is 26.7 Å². The zero-order valence-corrected chi connectivity index (χ0v) is 10.9. The van der Waals surface area contributed by atoms with Crippen LogP contribution in [0.2, 0.25) is 0 Å². The summed E-state index contributed by atoms with van der Waals surface area (Å²) in [4.78, 5) is 25.8. The zero-order chi connectivity index (χ0) is 13.1. The maximum Gasteiger partial charge on any atom is 0.319 e. The van der Waals surface area contributed by atoms with Crippen molar-refractivity contribution in [3.05, 3.63) is 0 Å². The Kier molecular flexibility index (Phi) is 4.37. The lowest BCUT2D eigenvalue weighted by molar-refractivity contribution is -0.137. The van der Waals surface area contributed by atoms with E-state index in [1.54, 1.807) is 7.05 Å². The van der Waals surface area contributed by atoms with Gasteiger partial charge in [-0.3, -0.25) is 4.79 Å². The number of nitrogens with zero attached hydrogens (tertiary/aromatic N) is 2. The molecule has 1 saturated heterocycles. The van der Waals surface area contributed by atoms with Gasteiger partial charge in [-0.1, -0.05) is 13.8 Å². The standard InChI is InChI=1S/C12H22N2O3/c1-12(2)6-4-7-14(9-12)11(17)13(3)8-5-10(15)16/h4-9H2,1-3H3,(H,15,16). The maximum atomic E-state index is 12.1. The van der Waals surface area contributed by atoms with Crippen molar-refractivity contribution in [1.82, 2.24) is 9.80 Å². The first-order valence-electron chi connectivity index (χ1n) is 6.04. The monoisotopic (exact) mass is 242 g/mol. The molecule has 0 aromatic rings. The molecule has 1 fully saturated rings. The Morgan fingerprint density at radius 2 is 2.06 bits per heavy atom. The van der Waals surface area contributed by atoms with Crippen LogP contribution < -0.4 is 0 Å². The largest absolute Gasteiger partial charge is 0.481 e. The summed E-state index contributed by atoms with van der Waals surface area (Å²) in [5.41, 5.74) is 0.168. The Balaban J connectivity index is 2.48. The van der Waals surface area contributed by atoms with Crippen LogP contribution in [0.1, 0.15) is 33.1 Å². The molecule has 0 aromatic heterocycles. The van der Waals surface area contributed by atoms with Crippen molar-refractivity contribution < 1.29 is 14.7 Å². The van der Waals surface area contributed by atoms with E-state index in [4.69, 9.17) is 5.11 Å². The molecule has 1 aliphatic rings. The number of carboxylic acid groups (broad SMARTS) is 1. The SMILES string of the molecule is CN(CCC(=O)O)C(=O)N1CCCC(C)(C)C1. The second kappa shape index (κ2) is 5.38. The Labute approximate surface area is 102 Å². The lowest BCUT2D eigenvalue weighted by Crippen LogP contribution is -2.48. The maximum absolute atomic E-state index is 12.1. The van der Waals surface area contributed by atoms with Gasteiger partial charge in [0.1, 0.15) is 0 Å². The van der Waals surface area contributed by atoms with Gasteiger partial charge in [-0.25, -0.2) is 4.79 Å². The average molecular weight is 242 g/mol. The predicted molar refractivity (Wildman–Crippen MR) is 64.9 cm³/mol. The number of piperidine rings is 1. The van der Waals surface area contributed by atoms with Crippen molar-refractivity contribution in [3.63, 3.8) is 0 Å². The summed E-state index contributed by atoms with van der Waals surface area (Å²) in [6.45, 7) is 6.11. The van der Waals surface area contributed by atoms with Crippen molar-refractivity contribution >= 4 is 12.0 Å². The van der Waals surface area contributed by atoms with Gasteiger partial charge in [0.2, 0.25) is 0 Å². The fourth-order valence-electron chi connectivity index (χ4n) is 2.19. The Morgan fingerprint density at radius 1 is 1.41 bits per heavy atom. The molecular weight excluding hydrogens is 220 g/mol. The number of carbonyl (C=O) groups excluding carboxylic acids is 1. The van der Waals surface area contributed by atoms with E-state index < -0.39 is 5.97 Å². The molecule has 0 atom stereocenters. The van der Waals surface area contributed by atoms with Crippen LogP contribution in [0.3, 0.4) is 0 Å². The second-order valence-corrected chi connectivity index (χ2v) is 5.54. The summed E-state index contributed by atoms with van der Waals surface area (Å²) in [5.74, 6) is -0.872. The third-order valence-corrected chi connectivity index (χ3v) is 3.16. The minimum atomic E-state index is -0.872. The van der Waals surface area contributed by atoms with Gasteiger partial charge in [-0.15, -0.1) is 0 Å². The molecule has 1 heterocycles. The van der Waals surface area contributed by atoms with Crippen LogP contribution in [0.5, 0.6) is 0 Å². The smallest absolute Gasteiger partial charge is 0.319 e. The first-order valence-corrected chi connectivity index (χ1v) is 6.04. The predicted octanol–water partition coefficient (Wildman–Crippen LogP) is 1.63. The van der Waals surface area contributed by atoms with Crippen LogP contribution in [0, 0.1) is 5.41 Å². The van der Waals surface area contributed by atoms with Gasteiger partial charge in [0.05, 0.1) is 6.42 Å². The van der Waals surface area contributed by atoms with Crippen LogP contribution in [-0.4, -0.2) is 53.6 Å². The Hall–Kier alpha value is -1.26. The highest BCUT2D eigenvalue weighted by molar-refractivity contribution is 5.75. The molecule has 1 rings (SSSR count). The third kappa shape index (κ3) is 4.24. The van der Waals surface area contributed by atoms with Gasteiger partial charge < -0.3 is 14.9 Å². The minimum Gasteiger partial charge on any atom is -0.481 e. The number of hydrogen-bond donors (Lipinski definition) is 1. The van der Waals surface area contributed by atoms with Crippen molar-refractivity contribution in [1.29, 1.82) is 0 Å². The number of amides is 2. The number of rotatable bonds is 3. The highest BCUT2D eigenvalue weighted by Gasteiger charge is 2.30. The van der Waals surface area contributed by atoms with E-state index in [0.29, 0.717) is 0 Å². The van der Waals surface area contributed by atoms with E-state index in [0.717, 1.165) is 25.9 Å². The van der Waals surface area contributed by atoms with Crippen molar-refractivity contribution in [2.24, 2.45) is 5.41 Å². The Morgan fingerprint density at radius 3 is 2.59 bits per heavy atom.